The molecule has 0 aliphatic carbocycles. The molecule has 3 heterocycles. The van der Waals surface area contributed by atoms with Gasteiger partial charge in [-0.15, -0.1) is 0 Å². The number of piperidine rings is 1. The Morgan fingerprint density at radius 2 is 2.21 bits per heavy atom. The van der Waals surface area contributed by atoms with Crippen LogP contribution in [0.25, 0.3) is 11.1 Å². The van der Waals surface area contributed by atoms with Crippen molar-refractivity contribution in [3.05, 3.63) is 53.1 Å². The summed E-state index contributed by atoms with van der Waals surface area (Å²) >= 11 is 0. The third-order valence-electron chi connectivity index (χ3n) is 4.93. The first-order valence-electron chi connectivity index (χ1n) is 9.84. The molecular weight excluding hydrogens is 368 g/mol. The van der Waals surface area contributed by atoms with Crippen LogP contribution in [0, 0.1) is 0 Å². The van der Waals surface area contributed by atoms with Crippen LogP contribution in [0.1, 0.15) is 12.8 Å². The Kier molecular flexibility index (Phi) is 7.02. The lowest BCUT2D eigenvalue weighted by molar-refractivity contribution is -0.127. The van der Waals surface area contributed by atoms with Crippen molar-refractivity contribution in [2.75, 3.05) is 44.4 Å². The first-order valence-corrected chi connectivity index (χ1v) is 9.84. The molecule has 1 aliphatic rings. The number of likely N-dealkylation sites (tertiary alicyclic amines) is 1. The van der Waals surface area contributed by atoms with Gasteiger partial charge in [-0.25, -0.2) is 4.98 Å². The summed E-state index contributed by atoms with van der Waals surface area (Å²) in [6, 6.07) is 5.71. The number of hydrogen-bond donors (Lipinski definition) is 4. The quantitative estimate of drug-likeness (QED) is 0.531. The number of carbonyl (C=O) groups is 1. The highest BCUT2D eigenvalue weighted by Gasteiger charge is 2.23. The number of nitrogens with zero attached hydrogens (tertiary/aromatic N) is 2. The van der Waals surface area contributed by atoms with E-state index in [1.807, 2.05) is 43.3 Å². The number of aromatic amines is 1. The zero-order chi connectivity index (χ0) is 20.6. The highest BCUT2D eigenvalue weighted by molar-refractivity contribution is 5.87. The lowest BCUT2D eigenvalue weighted by atomic mass is 10.0. The van der Waals surface area contributed by atoms with Crippen LogP contribution in [0.15, 0.2) is 47.5 Å². The maximum absolute atomic E-state index is 12.3. The van der Waals surface area contributed by atoms with Gasteiger partial charge in [-0.3, -0.25) is 9.59 Å². The molecule has 2 aromatic rings. The van der Waals surface area contributed by atoms with Gasteiger partial charge in [0.2, 0.25) is 5.91 Å². The normalized spacial score (nSPS) is 16.8. The number of nitrogens with one attached hydrogen (secondary N) is 4. The molecule has 0 aromatic carbocycles. The van der Waals surface area contributed by atoms with E-state index in [1.54, 1.807) is 18.5 Å². The molecule has 0 unspecified atom stereocenters. The molecule has 0 saturated carbocycles. The van der Waals surface area contributed by atoms with Crippen LogP contribution in [0.2, 0.25) is 0 Å². The molecule has 4 N–H and O–H groups in total. The van der Waals surface area contributed by atoms with Gasteiger partial charge >= 0.3 is 0 Å². The second-order valence-electron chi connectivity index (χ2n) is 7.04. The Morgan fingerprint density at radius 1 is 1.34 bits per heavy atom. The number of H-pyrrole nitrogens is 1. The Balaban J connectivity index is 1.72. The molecule has 3 rings (SSSR count). The maximum atomic E-state index is 12.3. The first-order chi connectivity index (χ1) is 14.1. The summed E-state index contributed by atoms with van der Waals surface area (Å²) in [5.74, 6) is 0.766. The van der Waals surface area contributed by atoms with Crippen LogP contribution >= 0.6 is 0 Å². The van der Waals surface area contributed by atoms with Gasteiger partial charge in [0.05, 0.1) is 0 Å². The number of amides is 1. The van der Waals surface area contributed by atoms with Gasteiger partial charge < -0.3 is 25.8 Å². The van der Waals surface area contributed by atoms with Gasteiger partial charge in [0, 0.05) is 56.8 Å². The third-order valence-corrected chi connectivity index (χ3v) is 4.93. The average Bonchev–Trinajstić information content (AvgIpc) is 2.75. The van der Waals surface area contributed by atoms with Gasteiger partial charge in [0.25, 0.3) is 5.56 Å². The Bertz CT molecular complexity index is 923. The van der Waals surface area contributed by atoms with E-state index in [0.717, 1.165) is 36.3 Å². The lowest BCUT2D eigenvalue weighted by Crippen LogP contribution is -2.45. The summed E-state index contributed by atoms with van der Waals surface area (Å²) in [6.07, 6.45) is 8.66. The molecular formula is C21H28N6O2. The Hall–Kier alpha value is -3.13. The molecule has 1 fully saturated rings. The third kappa shape index (κ3) is 5.45. The summed E-state index contributed by atoms with van der Waals surface area (Å²) < 4.78 is 0. The summed E-state index contributed by atoms with van der Waals surface area (Å²) in [4.78, 5) is 33.5. The van der Waals surface area contributed by atoms with Gasteiger partial charge in [-0.2, -0.15) is 0 Å². The van der Waals surface area contributed by atoms with Crippen molar-refractivity contribution in [1.29, 1.82) is 0 Å². The van der Waals surface area contributed by atoms with Crippen LogP contribution in [-0.4, -0.2) is 60.5 Å². The van der Waals surface area contributed by atoms with Crippen molar-refractivity contribution in [3.63, 3.8) is 0 Å². The summed E-state index contributed by atoms with van der Waals surface area (Å²) in [5.41, 5.74) is 2.19. The second-order valence-corrected chi connectivity index (χ2v) is 7.04. The molecule has 1 amide bonds. The van der Waals surface area contributed by atoms with Gasteiger partial charge in [0.15, 0.2) is 0 Å². The molecule has 2 aromatic heterocycles. The largest absolute Gasteiger partial charge is 0.376 e. The predicted molar refractivity (Wildman–Crippen MR) is 116 cm³/mol. The van der Waals surface area contributed by atoms with E-state index in [1.165, 1.54) is 0 Å². The van der Waals surface area contributed by atoms with Crippen LogP contribution in [-0.2, 0) is 4.79 Å². The Labute approximate surface area is 170 Å². The molecule has 8 heteroatoms. The molecule has 0 bridgehead atoms. The van der Waals surface area contributed by atoms with E-state index >= 15 is 0 Å². The summed E-state index contributed by atoms with van der Waals surface area (Å²) in [6.45, 7) is 1.97. The monoisotopic (exact) mass is 396 g/mol. The minimum atomic E-state index is -0.172. The highest BCUT2D eigenvalue weighted by atomic mass is 16.2. The maximum Gasteiger partial charge on any atom is 0.271 e. The summed E-state index contributed by atoms with van der Waals surface area (Å²) in [7, 11) is 3.66. The number of aromatic nitrogens is 2. The van der Waals surface area contributed by atoms with Crippen molar-refractivity contribution in [1.82, 2.24) is 20.2 Å². The van der Waals surface area contributed by atoms with Gasteiger partial charge in [-0.1, -0.05) is 6.08 Å². The van der Waals surface area contributed by atoms with E-state index in [0.29, 0.717) is 18.8 Å². The average molecular weight is 396 g/mol. The second kappa shape index (κ2) is 9.88. The smallest absolute Gasteiger partial charge is 0.271 e. The van der Waals surface area contributed by atoms with Crippen molar-refractivity contribution < 1.29 is 4.79 Å². The SMILES string of the molecule is CNCC=CC(=O)N1CCC[C@@H](Nc2cc(-c3ccnc(NC)c3)c[nH]c2=O)C1. The van der Waals surface area contributed by atoms with Crippen molar-refractivity contribution in [2.24, 2.45) is 0 Å². The van der Waals surface area contributed by atoms with Crippen molar-refractivity contribution >= 4 is 17.4 Å². The fraction of sp³-hybridized carbons (Fsp3) is 0.381. The van der Waals surface area contributed by atoms with Crippen molar-refractivity contribution in [3.8, 4) is 11.1 Å². The topological polar surface area (TPSA) is 102 Å². The lowest BCUT2D eigenvalue weighted by Gasteiger charge is -2.33. The number of rotatable bonds is 7. The number of anilines is 2. The fourth-order valence-corrected chi connectivity index (χ4v) is 3.40. The molecule has 1 saturated heterocycles. The zero-order valence-corrected chi connectivity index (χ0v) is 16.9. The molecule has 29 heavy (non-hydrogen) atoms. The number of carbonyl (C=O) groups excluding carboxylic acids is 1. The minimum absolute atomic E-state index is 0.00536. The molecule has 154 valence electrons. The highest BCUT2D eigenvalue weighted by Crippen LogP contribution is 2.22. The standard InChI is InChI=1S/C21H28N6O2/c1-22-8-3-6-20(28)27-10-4-5-17(14-27)26-18-11-16(13-25-21(18)29)15-7-9-24-19(12-15)23-2/h3,6-7,9,11-13,17,22,26H,4-5,8,10,14H2,1-2H3,(H,23,24)(H,25,29)/t17-/m1/s1. The molecule has 8 nitrogen and oxygen atoms in total. The summed E-state index contributed by atoms with van der Waals surface area (Å²) in [5, 5.41) is 9.34. The van der Waals surface area contributed by atoms with Crippen LogP contribution < -0.4 is 21.5 Å². The van der Waals surface area contributed by atoms with Crippen LogP contribution in [0.3, 0.4) is 0 Å². The van der Waals surface area contributed by atoms with E-state index in [2.05, 4.69) is 25.9 Å². The van der Waals surface area contributed by atoms with E-state index < -0.39 is 0 Å². The minimum Gasteiger partial charge on any atom is -0.376 e. The Morgan fingerprint density at radius 3 is 3.00 bits per heavy atom. The van der Waals surface area contributed by atoms with Gasteiger partial charge in [-0.05, 0) is 43.7 Å². The number of likely N-dealkylation sites (N-methyl/N-ethyl adjacent to an activating group) is 1. The van der Waals surface area contributed by atoms with Crippen LogP contribution in [0.5, 0.6) is 0 Å². The predicted octanol–water partition coefficient (Wildman–Crippen LogP) is 1.66. The van der Waals surface area contributed by atoms with Crippen molar-refractivity contribution in [2.45, 2.75) is 18.9 Å². The number of hydrogen-bond acceptors (Lipinski definition) is 6. The van der Waals surface area contributed by atoms with Gasteiger partial charge in [0.1, 0.15) is 11.5 Å². The first kappa shape index (κ1) is 20.6. The molecule has 0 radical (unpaired) electrons. The number of pyridine rings is 2. The fourth-order valence-electron chi connectivity index (χ4n) is 3.40. The molecule has 1 aliphatic heterocycles. The van der Waals surface area contributed by atoms with E-state index in [-0.39, 0.29) is 17.5 Å². The van der Waals surface area contributed by atoms with E-state index in [9.17, 15) is 9.59 Å². The molecule has 1 atom stereocenters. The zero-order valence-electron chi connectivity index (χ0n) is 16.9. The molecule has 0 spiro atoms. The van der Waals surface area contributed by atoms with Crippen LogP contribution in [0.4, 0.5) is 11.5 Å². The van der Waals surface area contributed by atoms with E-state index in [4.69, 9.17) is 0 Å².